The van der Waals surface area contributed by atoms with Crippen LogP contribution in [0.1, 0.15) is 161 Å². The summed E-state index contributed by atoms with van der Waals surface area (Å²) in [5.74, 6) is 0. The summed E-state index contributed by atoms with van der Waals surface area (Å²) in [5, 5.41) is 9.55. The molecule has 4 heteroatoms. The van der Waals surface area contributed by atoms with Crippen LogP contribution in [-0.2, 0) is 36.7 Å². The molecular weight excluding hydrogens is 1550 g/mol. The average molecular weight is 1670 g/mol. The summed E-state index contributed by atoms with van der Waals surface area (Å²) < 4.78 is 0. The molecule has 0 radical (unpaired) electrons. The van der Waals surface area contributed by atoms with Crippen molar-refractivity contribution in [3.63, 3.8) is 0 Å². The molecule has 0 heterocycles. The molecule has 0 unspecified atom stereocenters. The van der Waals surface area contributed by atoms with Gasteiger partial charge in [-0.25, -0.2) is 0 Å². The Morgan fingerprint density at radius 2 is 0.516 bits per heavy atom. The molecule has 128 heavy (non-hydrogen) atoms. The van der Waals surface area contributed by atoms with E-state index < -0.39 is 0 Å². The van der Waals surface area contributed by atoms with E-state index in [1.54, 1.807) is 11.1 Å². The summed E-state index contributed by atoms with van der Waals surface area (Å²) in [4.78, 5) is 6.87. The number of benzene rings is 17. The van der Waals surface area contributed by atoms with Crippen LogP contribution in [0.3, 0.4) is 0 Å². The molecule has 0 atom stereocenters. The largest absolute Gasteiger partial charge is 0.392 e. The van der Waals surface area contributed by atoms with E-state index in [2.05, 4.69) is 429 Å². The second-order valence-electron chi connectivity index (χ2n) is 35.7. The quantitative estimate of drug-likeness (QED) is 0.104. The lowest BCUT2D eigenvalue weighted by molar-refractivity contribution is 0.281. The fraction of sp³-hybridized carbons (Fsp3) is 0.177. The number of hydrogen-bond donors (Lipinski definition) is 1. The lowest BCUT2D eigenvalue weighted by atomic mass is 9.70. The van der Waals surface area contributed by atoms with Crippen LogP contribution in [0.25, 0.3) is 55.6 Å². The van der Waals surface area contributed by atoms with Crippen molar-refractivity contribution in [1.29, 1.82) is 0 Å². The number of anilines is 9. The highest BCUT2D eigenvalue weighted by atomic mass is 16.3. The van der Waals surface area contributed by atoms with E-state index >= 15 is 0 Å². The van der Waals surface area contributed by atoms with Crippen LogP contribution in [0.2, 0.25) is 0 Å². The maximum Gasteiger partial charge on any atom is 0.0685 e. The molecular formula is C124H117N3O. The second-order valence-corrected chi connectivity index (χ2v) is 35.7. The van der Waals surface area contributed by atoms with Crippen molar-refractivity contribution in [3.05, 3.63) is 495 Å². The molecule has 0 spiro atoms. The molecule has 17 aromatic carbocycles. The third-order valence-corrected chi connectivity index (χ3v) is 26.5. The fourth-order valence-corrected chi connectivity index (χ4v) is 19.8. The Balaban J connectivity index is 0.000000111. The first-order chi connectivity index (χ1) is 62.6. The molecule has 0 amide bonds. The number of unbranched alkanes of at least 4 members (excludes halogenated alkanes) is 2. The van der Waals surface area contributed by atoms with Crippen molar-refractivity contribution < 1.29 is 5.11 Å². The highest BCUT2D eigenvalue weighted by molar-refractivity contribution is 5.88. The molecule has 4 nitrogen and oxygen atoms in total. The maximum atomic E-state index is 9.55. The van der Waals surface area contributed by atoms with E-state index in [-0.39, 0.29) is 17.4 Å². The first kappa shape index (κ1) is 86.2. The lowest BCUT2D eigenvalue weighted by Crippen LogP contribution is -2.25. The molecule has 5 aliphatic carbocycles. The van der Waals surface area contributed by atoms with Crippen LogP contribution in [0.15, 0.2) is 400 Å². The van der Waals surface area contributed by atoms with Crippen LogP contribution in [-0.4, -0.2) is 5.11 Å². The summed E-state index contributed by atoms with van der Waals surface area (Å²) >= 11 is 0. The Morgan fingerprint density at radius 1 is 0.234 bits per heavy atom. The minimum atomic E-state index is 0.0527. The molecule has 0 aliphatic heterocycles. The molecule has 0 fully saturated rings. The number of aryl methyl sites for hydroxylation is 6. The highest BCUT2D eigenvalue weighted by Gasteiger charge is 2.42. The van der Waals surface area contributed by atoms with Crippen molar-refractivity contribution in [3.8, 4) is 55.6 Å². The van der Waals surface area contributed by atoms with Gasteiger partial charge in [0, 0.05) is 62.0 Å². The van der Waals surface area contributed by atoms with Crippen LogP contribution < -0.4 is 14.7 Å². The zero-order valence-corrected chi connectivity index (χ0v) is 76.0. The monoisotopic (exact) mass is 1660 g/mol. The van der Waals surface area contributed by atoms with Crippen molar-refractivity contribution in [2.45, 2.75) is 144 Å². The number of para-hydroxylation sites is 4. The molecule has 1 N–H and O–H groups in total. The zero-order chi connectivity index (χ0) is 88.3. The van der Waals surface area contributed by atoms with Crippen LogP contribution in [0, 0.1) is 41.5 Å². The van der Waals surface area contributed by atoms with Gasteiger partial charge in [0.05, 0.1) is 6.61 Å². The molecule has 0 saturated heterocycles. The number of aliphatic hydroxyl groups is 1. The van der Waals surface area contributed by atoms with Crippen LogP contribution in [0.4, 0.5) is 51.2 Å². The van der Waals surface area contributed by atoms with Gasteiger partial charge in [-0.2, -0.15) is 0 Å². The van der Waals surface area contributed by atoms with Gasteiger partial charge < -0.3 is 19.8 Å². The molecule has 17 aromatic rings. The number of rotatable bonds is 16. The van der Waals surface area contributed by atoms with Gasteiger partial charge in [0.15, 0.2) is 0 Å². The minimum Gasteiger partial charge on any atom is -0.392 e. The van der Waals surface area contributed by atoms with E-state index in [0.29, 0.717) is 0 Å². The predicted molar refractivity (Wildman–Crippen MR) is 545 cm³/mol. The summed E-state index contributed by atoms with van der Waals surface area (Å²) in [6.45, 7) is 22.1. The Morgan fingerprint density at radius 3 is 0.945 bits per heavy atom. The first-order valence-electron chi connectivity index (χ1n) is 46.0. The summed E-state index contributed by atoms with van der Waals surface area (Å²) in [7, 11) is 0. The maximum absolute atomic E-state index is 9.55. The van der Waals surface area contributed by atoms with E-state index in [0.717, 1.165) is 47.5 Å². The van der Waals surface area contributed by atoms with Crippen LogP contribution >= 0.6 is 0 Å². The first-order valence-corrected chi connectivity index (χ1v) is 46.0. The van der Waals surface area contributed by atoms with Gasteiger partial charge in [-0.1, -0.05) is 372 Å². The fourth-order valence-electron chi connectivity index (χ4n) is 19.8. The highest BCUT2D eigenvalue weighted by Crippen LogP contribution is 2.55. The molecule has 0 saturated carbocycles. The number of fused-ring (bicyclic) bond motifs is 15. The standard InChI is InChI=1S/C33H25N.C22H28.C20H19NO.C19H17N.C16H16.C14H12/c1-22-10-12-27(13-11-22)34(28-14-16-32-25(20-28)18-23-6-2-4-8-30(23)32)29-15-17-33-26(21-29)19-24-7-3-5-9-31(24)33;1-4-6-14-22(15-7-5-2)20-11-9-8-10-18(20)19-13-12-17(3)16-21(19)22;1-16-12-13-20(14-17(16)15-22)21(18-8-4-2-5-9-18)19-10-6-3-7-11-19;1-16-12-14-19(15-13-16)20(17-8-4-2-5-9-17)18-10-6-3-7-11-18;1-11-8-9-13-12-6-4-5-7-14(12)16(2,3)15(13)10-11;1-10-6-7-14-12(8-10)9-11-4-2-3-5-13(11)14/h2-17,20-21H,18-19H2,1H3;8-13,16H,4-7,14-15H2,1-3H3;2-14,22H,15H2,1H3;2-15H,1H3;4-10H,1-3H3;2-8H,9H2,1H3. The van der Waals surface area contributed by atoms with Crippen molar-refractivity contribution in [1.82, 2.24) is 0 Å². The average Bonchev–Trinajstić information content (AvgIpc) is 1.57. The summed E-state index contributed by atoms with van der Waals surface area (Å²) in [5.41, 5.74) is 48.3. The van der Waals surface area contributed by atoms with Crippen molar-refractivity contribution in [2.75, 3.05) is 14.7 Å². The van der Waals surface area contributed by atoms with Gasteiger partial charge in [-0.05, 0) is 305 Å². The van der Waals surface area contributed by atoms with E-state index in [1.165, 1.54) is 201 Å². The third-order valence-electron chi connectivity index (χ3n) is 26.5. The Bertz CT molecular complexity index is 6520. The molecule has 634 valence electrons. The molecule has 0 aromatic heterocycles. The number of aliphatic hydroxyl groups excluding tert-OH is 1. The van der Waals surface area contributed by atoms with Crippen molar-refractivity contribution in [2.24, 2.45) is 0 Å². The Hall–Kier alpha value is -13.9. The van der Waals surface area contributed by atoms with Gasteiger partial charge in [-0.15, -0.1) is 0 Å². The lowest BCUT2D eigenvalue weighted by Gasteiger charge is -2.32. The molecule has 22 rings (SSSR count). The van der Waals surface area contributed by atoms with Gasteiger partial charge in [0.1, 0.15) is 0 Å². The van der Waals surface area contributed by atoms with Crippen LogP contribution in [0.5, 0.6) is 0 Å². The Labute approximate surface area is 760 Å². The smallest absolute Gasteiger partial charge is 0.0685 e. The molecule has 0 bridgehead atoms. The zero-order valence-electron chi connectivity index (χ0n) is 76.0. The third kappa shape index (κ3) is 18.3. The van der Waals surface area contributed by atoms with E-state index in [1.807, 2.05) is 55.5 Å². The normalized spacial score (nSPS) is 12.6. The van der Waals surface area contributed by atoms with E-state index in [9.17, 15) is 5.11 Å². The molecule has 5 aliphatic rings. The SMILES string of the molecule is CCCCC1(CCCC)c2ccccc2-c2ccc(C)cc21.Cc1ccc(N(c2ccc3c(c2)Cc2ccccc2-3)c2ccc3c(c2)Cc2ccccc2-3)cc1.Cc1ccc(N(c2ccccc2)c2ccccc2)cc1.Cc1ccc(N(c2ccccc2)c2ccccc2)cc1CO.Cc1ccc2c(c1)C(C)(C)c1ccccc1-2.Cc1ccc2c(c1)Cc1ccccc1-2. The summed E-state index contributed by atoms with van der Waals surface area (Å²) in [6.07, 6.45) is 10.9. The van der Waals surface area contributed by atoms with Crippen molar-refractivity contribution >= 4 is 51.2 Å². The number of nitrogens with zero attached hydrogens (tertiary/aromatic N) is 3. The van der Waals surface area contributed by atoms with Gasteiger partial charge >= 0.3 is 0 Å². The van der Waals surface area contributed by atoms with Gasteiger partial charge in [0.2, 0.25) is 0 Å². The number of hydrogen-bond acceptors (Lipinski definition) is 4. The van der Waals surface area contributed by atoms with Gasteiger partial charge in [0.25, 0.3) is 0 Å². The Kier molecular flexibility index (Phi) is 26.2. The topological polar surface area (TPSA) is 30.0 Å². The minimum absolute atomic E-state index is 0.0527. The van der Waals surface area contributed by atoms with E-state index in [4.69, 9.17) is 0 Å². The van der Waals surface area contributed by atoms with Gasteiger partial charge in [-0.3, -0.25) is 0 Å². The predicted octanol–water partition coefficient (Wildman–Crippen LogP) is 33.5. The second kappa shape index (κ2) is 38.9. The summed E-state index contributed by atoms with van der Waals surface area (Å²) in [6, 6.07) is 144.